The van der Waals surface area contributed by atoms with Crippen LogP contribution < -0.4 is 0 Å². The number of hydrogen-bond acceptors (Lipinski definition) is 2. The molecule has 2 N–H and O–H groups in total. The van der Waals surface area contributed by atoms with E-state index in [4.69, 9.17) is 5.11 Å². The normalized spacial score (nSPS) is 23.1. The van der Waals surface area contributed by atoms with Crippen molar-refractivity contribution in [1.82, 2.24) is 0 Å². The van der Waals surface area contributed by atoms with Gasteiger partial charge in [0.1, 0.15) is 0 Å². The van der Waals surface area contributed by atoms with Gasteiger partial charge in [-0.25, -0.2) is 0 Å². The lowest BCUT2D eigenvalue weighted by atomic mass is 9.71. The number of carboxylic acids is 1. The van der Waals surface area contributed by atoms with Crippen LogP contribution in [0.2, 0.25) is 0 Å². The minimum absolute atomic E-state index is 0.0923. The average Bonchev–Trinajstić information content (AvgIpc) is 2.21. The summed E-state index contributed by atoms with van der Waals surface area (Å²) in [5.74, 6) is -0.565. The van der Waals surface area contributed by atoms with E-state index < -0.39 is 11.4 Å². The second-order valence-electron chi connectivity index (χ2n) is 5.35. The summed E-state index contributed by atoms with van der Waals surface area (Å²) in [4.78, 5) is 11.5. The smallest absolute Gasteiger partial charge is 0.309 e. The summed E-state index contributed by atoms with van der Waals surface area (Å²) in [5.41, 5.74) is -0.567. The largest absolute Gasteiger partial charge is 0.481 e. The van der Waals surface area contributed by atoms with Crippen LogP contribution in [-0.4, -0.2) is 22.8 Å². The maximum absolute atomic E-state index is 11.5. The van der Waals surface area contributed by atoms with Crippen molar-refractivity contribution < 1.29 is 15.0 Å². The van der Waals surface area contributed by atoms with Crippen LogP contribution in [-0.2, 0) is 4.79 Å². The fourth-order valence-corrected chi connectivity index (χ4v) is 2.82. The third-order valence-corrected chi connectivity index (χ3v) is 3.82. The van der Waals surface area contributed by atoms with Crippen LogP contribution in [0.15, 0.2) is 0 Å². The van der Waals surface area contributed by atoms with Crippen LogP contribution in [0.1, 0.15) is 58.3 Å². The van der Waals surface area contributed by atoms with Crippen molar-refractivity contribution in [2.75, 3.05) is 6.61 Å². The third-order valence-electron chi connectivity index (χ3n) is 3.82. The molecule has 94 valence electrons. The van der Waals surface area contributed by atoms with E-state index in [1.807, 2.05) is 6.92 Å². The number of rotatable bonds is 4. The van der Waals surface area contributed by atoms with Crippen LogP contribution in [0.3, 0.4) is 0 Å². The lowest BCUT2D eigenvalue weighted by molar-refractivity contribution is -0.151. The van der Waals surface area contributed by atoms with Gasteiger partial charge in [0, 0.05) is 6.61 Å². The first-order chi connectivity index (χ1) is 7.60. The van der Waals surface area contributed by atoms with Crippen LogP contribution in [0, 0.1) is 11.3 Å². The zero-order valence-corrected chi connectivity index (χ0v) is 10.2. The molecule has 1 unspecified atom stereocenters. The van der Waals surface area contributed by atoms with Crippen molar-refractivity contribution in [3.05, 3.63) is 0 Å². The van der Waals surface area contributed by atoms with E-state index >= 15 is 0 Å². The highest BCUT2D eigenvalue weighted by molar-refractivity contribution is 5.74. The summed E-state index contributed by atoms with van der Waals surface area (Å²) >= 11 is 0. The van der Waals surface area contributed by atoms with Gasteiger partial charge in [-0.05, 0) is 25.2 Å². The average molecular weight is 228 g/mol. The van der Waals surface area contributed by atoms with E-state index in [-0.39, 0.29) is 12.5 Å². The number of hydrogen-bond donors (Lipinski definition) is 2. The van der Waals surface area contributed by atoms with E-state index in [1.54, 1.807) is 0 Å². The van der Waals surface area contributed by atoms with Gasteiger partial charge in [-0.1, -0.05) is 39.0 Å². The van der Waals surface area contributed by atoms with Crippen molar-refractivity contribution in [3.8, 4) is 0 Å². The van der Waals surface area contributed by atoms with Gasteiger partial charge in [0.15, 0.2) is 0 Å². The first-order valence-corrected chi connectivity index (χ1v) is 6.45. The van der Waals surface area contributed by atoms with Gasteiger partial charge in [-0.2, -0.15) is 0 Å². The fourth-order valence-electron chi connectivity index (χ4n) is 2.82. The Morgan fingerprint density at radius 1 is 1.19 bits per heavy atom. The summed E-state index contributed by atoms with van der Waals surface area (Å²) in [7, 11) is 0. The van der Waals surface area contributed by atoms with Crippen molar-refractivity contribution in [2.24, 2.45) is 11.3 Å². The second-order valence-corrected chi connectivity index (χ2v) is 5.35. The Bertz CT molecular complexity index is 217. The van der Waals surface area contributed by atoms with Gasteiger partial charge in [-0.3, -0.25) is 4.79 Å². The Morgan fingerprint density at radius 3 is 2.12 bits per heavy atom. The molecule has 0 aromatic heterocycles. The molecule has 1 rings (SSSR count). The van der Waals surface area contributed by atoms with E-state index in [0.29, 0.717) is 6.42 Å². The molecular weight excluding hydrogens is 204 g/mol. The number of aliphatic hydroxyl groups excluding tert-OH is 1. The Morgan fingerprint density at radius 2 is 1.69 bits per heavy atom. The van der Waals surface area contributed by atoms with Gasteiger partial charge < -0.3 is 10.2 Å². The lowest BCUT2D eigenvalue weighted by Gasteiger charge is -2.33. The first-order valence-electron chi connectivity index (χ1n) is 6.45. The zero-order valence-electron chi connectivity index (χ0n) is 10.2. The number of carboxylic acid groups (broad SMARTS) is 1. The molecule has 1 atom stereocenters. The summed E-state index contributed by atoms with van der Waals surface area (Å²) in [5, 5.41) is 18.6. The Labute approximate surface area is 97.9 Å². The molecule has 3 heteroatoms. The summed E-state index contributed by atoms with van der Waals surface area (Å²) in [6.45, 7) is 2.03. The molecular formula is C13H24O3. The molecule has 0 aliphatic heterocycles. The molecule has 1 fully saturated rings. The summed E-state index contributed by atoms with van der Waals surface area (Å²) < 4.78 is 0. The van der Waals surface area contributed by atoms with Crippen LogP contribution in [0.25, 0.3) is 0 Å². The predicted octanol–water partition coefficient (Wildman–Crippen LogP) is 2.82. The van der Waals surface area contributed by atoms with Gasteiger partial charge >= 0.3 is 5.97 Å². The highest BCUT2D eigenvalue weighted by Gasteiger charge is 2.38. The highest BCUT2D eigenvalue weighted by atomic mass is 16.4. The molecule has 3 nitrogen and oxygen atoms in total. The molecule has 0 radical (unpaired) electrons. The first kappa shape index (κ1) is 13.5. The Balaban J connectivity index is 2.71. The fraction of sp³-hybridized carbons (Fsp3) is 0.923. The van der Waals surface area contributed by atoms with Crippen molar-refractivity contribution in [2.45, 2.75) is 58.3 Å². The monoisotopic (exact) mass is 228 g/mol. The van der Waals surface area contributed by atoms with Gasteiger partial charge in [0.25, 0.3) is 0 Å². The molecule has 0 heterocycles. The minimum atomic E-state index is -0.658. The Hall–Kier alpha value is -0.570. The molecule has 0 saturated heterocycles. The van der Waals surface area contributed by atoms with E-state index in [9.17, 15) is 9.90 Å². The number of carbonyl (C=O) groups is 1. The highest BCUT2D eigenvalue weighted by Crippen LogP contribution is 2.39. The molecule has 0 aromatic carbocycles. The molecule has 1 aliphatic rings. The van der Waals surface area contributed by atoms with Crippen molar-refractivity contribution in [3.63, 3.8) is 0 Å². The minimum Gasteiger partial charge on any atom is -0.481 e. The van der Waals surface area contributed by atoms with Gasteiger partial charge in [0.2, 0.25) is 0 Å². The lowest BCUT2D eigenvalue weighted by Crippen LogP contribution is -2.34. The maximum atomic E-state index is 11.5. The van der Waals surface area contributed by atoms with Crippen LogP contribution in [0.4, 0.5) is 0 Å². The summed E-state index contributed by atoms with van der Waals surface area (Å²) in [6.07, 6.45) is 7.78. The number of aliphatic carboxylic acids is 1. The molecule has 0 bridgehead atoms. The van der Waals surface area contributed by atoms with Crippen LogP contribution in [0.5, 0.6) is 0 Å². The predicted molar refractivity (Wildman–Crippen MR) is 63.3 cm³/mol. The molecule has 0 spiro atoms. The van der Waals surface area contributed by atoms with E-state index in [0.717, 1.165) is 38.5 Å². The molecule has 1 saturated carbocycles. The third kappa shape index (κ3) is 3.48. The second kappa shape index (κ2) is 6.24. The standard InChI is InChI=1S/C13H24O3/c1-11(10-14)9-13(12(15)16)7-5-3-2-4-6-8-13/h11,14H,2-10H2,1H3,(H,15,16). The number of aliphatic hydroxyl groups is 1. The molecule has 0 aromatic rings. The van der Waals surface area contributed by atoms with E-state index in [2.05, 4.69) is 0 Å². The van der Waals surface area contributed by atoms with Crippen molar-refractivity contribution >= 4 is 5.97 Å². The van der Waals surface area contributed by atoms with Crippen LogP contribution >= 0.6 is 0 Å². The Kier molecular flexibility index (Phi) is 5.26. The maximum Gasteiger partial charge on any atom is 0.309 e. The summed E-state index contributed by atoms with van der Waals surface area (Å²) in [6, 6.07) is 0. The van der Waals surface area contributed by atoms with Crippen molar-refractivity contribution in [1.29, 1.82) is 0 Å². The molecule has 1 aliphatic carbocycles. The SMILES string of the molecule is CC(CO)CC1(C(=O)O)CCCCCCC1. The molecule has 16 heavy (non-hydrogen) atoms. The quantitative estimate of drug-likeness (QED) is 0.778. The topological polar surface area (TPSA) is 57.5 Å². The molecule has 0 amide bonds. The van der Waals surface area contributed by atoms with Gasteiger partial charge in [0.05, 0.1) is 5.41 Å². The zero-order chi connectivity index (χ0) is 12.0. The van der Waals surface area contributed by atoms with Gasteiger partial charge in [-0.15, -0.1) is 0 Å². The van der Waals surface area contributed by atoms with E-state index in [1.165, 1.54) is 6.42 Å².